The van der Waals surface area contributed by atoms with E-state index in [1.807, 2.05) is 24.3 Å². The first-order chi connectivity index (χ1) is 9.85. The highest BCUT2D eigenvalue weighted by Gasteiger charge is 2.26. The van der Waals surface area contributed by atoms with E-state index in [9.17, 15) is 0 Å². The molecule has 110 valence electrons. The lowest BCUT2D eigenvalue weighted by Crippen LogP contribution is -2.54. The van der Waals surface area contributed by atoms with Gasteiger partial charge in [0.25, 0.3) is 0 Å². The lowest BCUT2D eigenvalue weighted by molar-refractivity contribution is 0.0483. The van der Waals surface area contributed by atoms with Gasteiger partial charge in [-0.3, -0.25) is 4.90 Å². The summed E-state index contributed by atoms with van der Waals surface area (Å²) in [6.07, 6.45) is 0.888. The molecule has 0 amide bonds. The summed E-state index contributed by atoms with van der Waals surface area (Å²) < 4.78 is 11.7. The molecule has 0 aliphatic carbocycles. The third kappa shape index (κ3) is 3.23. The van der Waals surface area contributed by atoms with Gasteiger partial charge in [0.1, 0.15) is 12.7 Å². The minimum atomic E-state index is 0.0813. The molecule has 2 unspecified atom stereocenters. The Labute approximate surface area is 119 Å². The maximum Gasteiger partial charge on any atom is 0.161 e. The molecule has 1 aromatic carbocycles. The van der Waals surface area contributed by atoms with Gasteiger partial charge in [-0.05, 0) is 18.6 Å². The van der Waals surface area contributed by atoms with Crippen molar-refractivity contribution in [2.45, 2.75) is 18.6 Å². The number of nitrogens with one attached hydrogen (secondary N) is 1. The Morgan fingerprint density at radius 2 is 2.15 bits per heavy atom. The molecular formula is C15H22N2O3. The predicted molar refractivity (Wildman–Crippen MR) is 76.3 cm³/mol. The van der Waals surface area contributed by atoms with Crippen LogP contribution in [-0.2, 0) is 0 Å². The van der Waals surface area contributed by atoms with Crippen LogP contribution < -0.4 is 14.8 Å². The van der Waals surface area contributed by atoms with Crippen molar-refractivity contribution in [2.75, 3.05) is 39.4 Å². The van der Waals surface area contributed by atoms with Crippen molar-refractivity contribution in [3.8, 4) is 11.5 Å². The van der Waals surface area contributed by atoms with Crippen molar-refractivity contribution in [3.63, 3.8) is 0 Å². The topological polar surface area (TPSA) is 54.0 Å². The monoisotopic (exact) mass is 278 g/mol. The lowest BCUT2D eigenvalue weighted by Gasteiger charge is -2.36. The number of rotatable bonds is 4. The summed E-state index contributed by atoms with van der Waals surface area (Å²) in [6, 6.07) is 8.19. The minimum Gasteiger partial charge on any atom is -0.486 e. The smallest absolute Gasteiger partial charge is 0.161 e. The highest BCUT2D eigenvalue weighted by atomic mass is 16.6. The van der Waals surface area contributed by atoms with Gasteiger partial charge in [-0.15, -0.1) is 0 Å². The van der Waals surface area contributed by atoms with Gasteiger partial charge in [0.2, 0.25) is 0 Å². The van der Waals surface area contributed by atoms with Gasteiger partial charge in [-0.1, -0.05) is 12.1 Å². The summed E-state index contributed by atoms with van der Waals surface area (Å²) in [5.74, 6) is 1.67. The number of aliphatic hydroxyl groups excluding tert-OH is 1. The van der Waals surface area contributed by atoms with Crippen molar-refractivity contribution in [1.29, 1.82) is 0 Å². The Balaban J connectivity index is 1.54. The molecule has 0 saturated carbocycles. The van der Waals surface area contributed by atoms with E-state index in [2.05, 4.69) is 10.2 Å². The molecule has 1 saturated heterocycles. The molecule has 2 heterocycles. The molecule has 3 rings (SSSR count). The molecule has 2 N–H and O–H groups in total. The van der Waals surface area contributed by atoms with Crippen LogP contribution in [0.3, 0.4) is 0 Å². The Morgan fingerprint density at radius 3 is 3.00 bits per heavy atom. The van der Waals surface area contributed by atoms with Gasteiger partial charge in [0.15, 0.2) is 11.5 Å². The molecule has 2 aliphatic heterocycles. The maximum absolute atomic E-state index is 9.03. The van der Waals surface area contributed by atoms with E-state index in [0.717, 1.165) is 44.1 Å². The van der Waals surface area contributed by atoms with Crippen LogP contribution in [0.25, 0.3) is 0 Å². The van der Waals surface area contributed by atoms with Crippen LogP contribution in [0.5, 0.6) is 11.5 Å². The van der Waals surface area contributed by atoms with Gasteiger partial charge < -0.3 is 19.9 Å². The van der Waals surface area contributed by atoms with E-state index in [1.165, 1.54) is 0 Å². The number of hydrogen-bond acceptors (Lipinski definition) is 5. The van der Waals surface area contributed by atoms with Crippen molar-refractivity contribution < 1.29 is 14.6 Å². The predicted octanol–water partition coefficient (Wildman–Crippen LogP) is 0.483. The second kappa shape index (κ2) is 6.43. The Morgan fingerprint density at radius 1 is 1.30 bits per heavy atom. The van der Waals surface area contributed by atoms with Crippen molar-refractivity contribution in [2.24, 2.45) is 0 Å². The fourth-order valence-corrected chi connectivity index (χ4v) is 2.85. The van der Waals surface area contributed by atoms with Crippen LogP contribution in [0, 0.1) is 0 Å². The maximum atomic E-state index is 9.03. The number of aliphatic hydroxyl groups is 1. The summed E-state index contributed by atoms with van der Waals surface area (Å²) in [5, 5.41) is 12.5. The zero-order valence-electron chi connectivity index (χ0n) is 11.6. The molecule has 0 spiro atoms. The van der Waals surface area contributed by atoms with Gasteiger partial charge in [-0.25, -0.2) is 0 Å². The number of benzene rings is 1. The van der Waals surface area contributed by atoms with Crippen molar-refractivity contribution in [1.82, 2.24) is 10.2 Å². The first kappa shape index (κ1) is 13.7. The average molecular weight is 278 g/mol. The second-order valence-corrected chi connectivity index (χ2v) is 5.42. The van der Waals surface area contributed by atoms with Gasteiger partial charge in [-0.2, -0.15) is 0 Å². The number of piperazine rings is 1. The van der Waals surface area contributed by atoms with Gasteiger partial charge >= 0.3 is 0 Å². The highest BCUT2D eigenvalue weighted by Crippen LogP contribution is 2.31. The normalized spacial score (nSPS) is 26.4. The van der Waals surface area contributed by atoms with E-state index in [-0.39, 0.29) is 12.7 Å². The van der Waals surface area contributed by atoms with Crippen LogP contribution in [0.4, 0.5) is 0 Å². The molecule has 1 aromatic rings. The molecule has 0 bridgehead atoms. The molecule has 20 heavy (non-hydrogen) atoms. The van der Waals surface area contributed by atoms with E-state index in [0.29, 0.717) is 12.6 Å². The fraction of sp³-hybridized carbons (Fsp3) is 0.600. The fourth-order valence-electron chi connectivity index (χ4n) is 2.85. The zero-order valence-corrected chi connectivity index (χ0v) is 11.6. The molecule has 2 aliphatic rings. The van der Waals surface area contributed by atoms with E-state index >= 15 is 0 Å². The van der Waals surface area contributed by atoms with Crippen molar-refractivity contribution in [3.05, 3.63) is 24.3 Å². The molecule has 0 radical (unpaired) electrons. The lowest BCUT2D eigenvalue weighted by atomic mass is 10.1. The summed E-state index contributed by atoms with van der Waals surface area (Å²) in [5.41, 5.74) is 0. The summed E-state index contributed by atoms with van der Waals surface area (Å²) in [7, 11) is 0. The highest BCUT2D eigenvalue weighted by molar-refractivity contribution is 5.40. The minimum absolute atomic E-state index is 0.0813. The first-order valence-corrected chi connectivity index (χ1v) is 7.30. The number of nitrogens with zero attached hydrogens (tertiary/aromatic N) is 1. The van der Waals surface area contributed by atoms with Crippen LogP contribution in [0.15, 0.2) is 24.3 Å². The molecule has 2 atom stereocenters. The Hall–Kier alpha value is -1.30. The quantitative estimate of drug-likeness (QED) is 0.839. The molecule has 0 aromatic heterocycles. The zero-order chi connectivity index (χ0) is 13.8. The van der Waals surface area contributed by atoms with Gasteiger partial charge in [0.05, 0.1) is 0 Å². The Bertz CT molecular complexity index is 439. The molecular weight excluding hydrogens is 256 g/mol. The molecule has 5 heteroatoms. The Kier molecular flexibility index (Phi) is 4.40. The number of ether oxygens (including phenoxy) is 2. The summed E-state index contributed by atoms with van der Waals surface area (Å²) in [6.45, 7) is 4.66. The van der Waals surface area contributed by atoms with Crippen molar-refractivity contribution >= 4 is 0 Å². The largest absolute Gasteiger partial charge is 0.486 e. The second-order valence-electron chi connectivity index (χ2n) is 5.42. The van der Waals surface area contributed by atoms with Crippen LogP contribution >= 0.6 is 0 Å². The van der Waals surface area contributed by atoms with E-state index in [4.69, 9.17) is 14.6 Å². The summed E-state index contributed by atoms with van der Waals surface area (Å²) in [4.78, 5) is 2.39. The average Bonchev–Trinajstić information content (AvgIpc) is 2.48. The molecule has 5 nitrogen and oxygen atoms in total. The van der Waals surface area contributed by atoms with Crippen LogP contribution in [0.2, 0.25) is 0 Å². The van der Waals surface area contributed by atoms with Gasteiger partial charge in [0, 0.05) is 38.8 Å². The van der Waals surface area contributed by atoms with Crippen LogP contribution in [-0.4, -0.2) is 61.5 Å². The van der Waals surface area contributed by atoms with E-state index in [1.54, 1.807) is 0 Å². The third-order valence-electron chi connectivity index (χ3n) is 3.85. The number of para-hydroxylation sites is 2. The van der Waals surface area contributed by atoms with Crippen LogP contribution in [0.1, 0.15) is 6.42 Å². The third-order valence-corrected chi connectivity index (χ3v) is 3.85. The van der Waals surface area contributed by atoms with E-state index < -0.39 is 0 Å². The summed E-state index contributed by atoms with van der Waals surface area (Å²) >= 11 is 0. The standard InChI is InChI=1S/C15H22N2O3/c18-8-5-12-9-17(7-6-16-12)10-13-11-19-14-3-1-2-4-15(14)20-13/h1-4,12-13,16,18H,5-11H2. The SMILES string of the molecule is OCCC1CN(CC2COc3ccccc3O2)CCN1. The first-order valence-electron chi connectivity index (χ1n) is 7.30. The molecule has 1 fully saturated rings. The number of fused-ring (bicyclic) bond motifs is 1. The number of hydrogen-bond donors (Lipinski definition) is 2.